The number of furan rings is 1. The molecule has 0 atom stereocenters. The minimum atomic E-state index is -3.90. The minimum absolute atomic E-state index is 0.144. The van der Waals surface area contributed by atoms with Gasteiger partial charge in [-0.3, -0.25) is 4.84 Å². The minimum Gasteiger partial charge on any atom is -0.475 e. The first kappa shape index (κ1) is 13.5. The Hall–Kier alpha value is -0.900. The van der Waals surface area contributed by atoms with Crippen LogP contribution in [-0.2, 0) is 14.9 Å². The summed E-state index contributed by atoms with van der Waals surface area (Å²) in [4.78, 5) is 15.5. The van der Waals surface area contributed by atoms with Crippen molar-refractivity contribution in [2.45, 2.75) is 17.7 Å². The van der Waals surface area contributed by atoms with Gasteiger partial charge in [0.25, 0.3) is 10.0 Å². The van der Waals surface area contributed by atoms with Crippen LogP contribution in [-0.4, -0.2) is 37.1 Å². The van der Waals surface area contributed by atoms with Gasteiger partial charge in [0.1, 0.15) is 4.90 Å². The second-order valence-electron chi connectivity index (χ2n) is 3.63. The van der Waals surface area contributed by atoms with E-state index >= 15 is 0 Å². The van der Waals surface area contributed by atoms with Gasteiger partial charge in [0.05, 0.1) is 6.61 Å². The third kappa shape index (κ3) is 2.44. The SMILES string of the molecule is O=C(O)c1cc(S(=O)(=O)N2CCCCO2)c(Br)o1. The Morgan fingerprint density at radius 2 is 2.17 bits per heavy atom. The van der Waals surface area contributed by atoms with Gasteiger partial charge in [-0.2, -0.15) is 0 Å². The first-order valence-electron chi connectivity index (χ1n) is 5.11. The van der Waals surface area contributed by atoms with Crippen LogP contribution in [0.1, 0.15) is 23.4 Å². The Bertz CT molecular complexity index is 560. The molecule has 1 aliphatic heterocycles. The van der Waals surface area contributed by atoms with E-state index in [0.29, 0.717) is 13.0 Å². The third-order valence-corrected chi connectivity index (χ3v) is 4.92. The molecule has 0 saturated carbocycles. The molecule has 1 aromatic heterocycles. The quantitative estimate of drug-likeness (QED) is 0.895. The van der Waals surface area contributed by atoms with Gasteiger partial charge in [-0.05, 0) is 28.8 Å². The topological polar surface area (TPSA) is 97.0 Å². The van der Waals surface area contributed by atoms with Crippen molar-refractivity contribution in [2.24, 2.45) is 0 Å². The highest BCUT2D eigenvalue weighted by Gasteiger charge is 2.32. The number of carbonyl (C=O) groups is 1. The molecule has 0 radical (unpaired) electrons. The number of hydrogen-bond donors (Lipinski definition) is 1. The first-order valence-corrected chi connectivity index (χ1v) is 7.34. The molecule has 1 aliphatic rings. The Balaban J connectivity index is 2.37. The highest BCUT2D eigenvalue weighted by atomic mass is 79.9. The van der Waals surface area contributed by atoms with Crippen LogP contribution in [0.5, 0.6) is 0 Å². The molecule has 7 nitrogen and oxygen atoms in total. The summed E-state index contributed by atoms with van der Waals surface area (Å²) in [6.45, 7) is 0.558. The molecule has 0 amide bonds. The van der Waals surface area contributed by atoms with Crippen molar-refractivity contribution < 1.29 is 27.6 Å². The summed E-state index contributed by atoms with van der Waals surface area (Å²) in [5.74, 6) is -1.78. The van der Waals surface area contributed by atoms with Crippen molar-refractivity contribution in [3.63, 3.8) is 0 Å². The van der Waals surface area contributed by atoms with E-state index in [1.807, 2.05) is 0 Å². The van der Waals surface area contributed by atoms with Crippen molar-refractivity contribution in [1.29, 1.82) is 0 Å². The molecule has 0 spiro atoms. The van der Waals surface area contributed by atoms with Gasteiger partial charge in [-0.1, -0.05) is 4.47 Å². The predicted molar refractivity (Wildman–Crippen MR) is 62.4 cm³/mol. The first-order chi connectivity index (χ1) is 8.43. The van der Waals surface area contributed by atoms with Gasteiger partial charge in [0.2, 0.25) is 5.76 Å². The van der Waals surface area contributed by atoms with Crippen LogP contribution in [0.4, 0.5) is 0 Å². The third-order valence-electron chi connectivity index (χ3n) is 2.38. The summed E-state index contributed by atoms with van der Waals surface area (Å²) in [6, 6.07) is 0.958. The zero-order valence-corrected chi connectivity index (χ0v) is 11.5. The van der Waals surface area contributed by atoms with E-state index in [9.17, 15) is 13.2 Å². The van der Waals surface area contributed by atoms with Gasteiger partial charge in [0.15, 0.2) is 4.67 Å². The Morgan fingerprint density at radius 1 is 1.44 bits per heavy atom. The fourth-order valence-electron chi connectivity index (χ4n) is 1.51. The molecule has 9 heteroatoms. The predicted octanol–water partition coefficient (Wildman–Crippen LogP) is 1.46. The fraction of sp³-hybridized carbons (Fsp3) is 0.444. The molecule has 1 saturated heterocycles. The normalized spacial score (nSPS) is 17.8. The molecule has 1 N–H and O–H groups in total. The summed E-state index contributed by atoms with van der Waals surface area (Å²) < 4.78 is 29.8. The molecule has 100 valence electrons. The molecule has 0 unspecified atom stereocenters. The number of halogens is 1. The molecule has 2 heterocycles. The van der Waals surface area contributed by atoms with Gasteiger partial charge in [0, 0.05) is 12.6 Å². The van der Waals surface area contributed by atoms with Crippen molar-refractivity contribution in [1.82, 2.24) is 4.47 Å². The number of rotatable bonds is 3. The standard InChI is InChI=1S/C9H10BrNO6S/c10-8-7(5-6(17-8)9(12)13)18(14,15)11-3-1-2-4-16-11/h5H,1-4H2,(H,12,13). The van der Waals surface area contributed by atoms with Crippen LogP contribution in [0.25, 0.3) is 0 Å². The van der Waals surface area contributed by atoms with E-state index in [4.69, 9.17) is 14.4 Å². The second-order valence-corrected chi connectivity index (χ2v) is 6.14. The van der Waals surface area contributed by atoms with Crippen LogP contribution in [0.15, 0.2) is 20.0 Å². The highest BCUT2D eigenvalue weighted by molar-refractivity contribution is 9.10. The molecule has 2 rings (SSSR count). The van der Waals surface area contributed by atoms with Crippen LogP contribution in [0.3, 0.4) is 0 Å². The maximum Gasteiger partial charge on any atom is 0.371 e. The number of sulfonamides is 1. The summed E-state index contributed by atoms with van der Waals surface area (Å²) in [7, 11) is -3.90. The molecular weight excluding hydrogens is 330 g/mol. The van der Waals surface area contributed by atoms with E-state index in [1.165, 1.54) is 0 Å². The molecule has 0 aliphatic carbocycles. The molecule has 18 heavy (non-hydrogen) atoms. The van der Waals surface area contributed by atoms with Gasteiger partial charge in [-0.15, -0.1) is 0 Å². The molecule has 0 aromatic carbocycles. The molecular formula is C9H10BrNO6S. The maximum absolute atomic E-state index is 12.2. The fourth-order valence-corrected chi connectivity index (χ4v) is 3.71. The zero-order valence-electron chi connectivity index (χ0n) is 9.13. The number of carboxylic acid groups (broad SMARTS) is 1. The van der Waals surface area contributed by atoms with Gasteiger partial charge in [-0.25, -0.2) is 13.2 Å². The van der Waals surface area contributed by atoms with Crippen LogP contribution >= 0.6 is 15.9 Å². The maximum atomic E-state index is 12.2. The molecule has 1 aromatic rings. The van der Waals surface area contributed by atoms with E-state index in [1.54, 1.807) is 0 Å². The summed E-state index contributed by atoms with van der Waals surface area (Å²) in [6.07, 6.45) is 1.49. The lowest BCUT2D eigenvalue weighted by Crippen LogP contribution is -2.35. The lowest BCUT2D eigenvalue weighted by Gasteiger charge is -2.24. The van der Waals surface area contributed by atoms with Crippen LogP contribution < -0.4 is 0 Å². The van der Waals surface area contributed by atoms with E-state index in [-0.39, 0.29) is 16.1 Å². The summed E-state index contributed by atoms with van der Waals surface area (Å²) in [5.41, 5.74) is 0. The van der Waals surface area contributed by atoms with Gasteiger partial charge >= 0.3 is 5.97 Å². The number of hydroxylamine groups is 1. The van der Waals surface area contributed by atoms with E-state index in [0.717, 1.165) is 17.0 Å². The number of carboxylic acids is 1. The van der Waals surface area contributed by atoms with Crippen molar-refractivity contribution in [3.8, 4) is 0 Å². The second kappa shape index (κ2) is 5.00. The van der Waals surface area contributed by atoms with E-state index < -0.39 is 21.8 Å². The lowest BCUT2D eigenvalue weighted by atomic mass is 10.3. The van der Waals surface area contributed by atoms with E-state index in [2.05, 4.69) is 15.9 Å². The Morgan fingerprint density at radius 3 is 2.67 bits per heavy atom. The average Bonchev–Trinajstić information content (AvgIpc) is 2.73. The Kier molecular flexibility index (Phi) is 3.76. The monoisotopic (exact) mass is 339 g/mol. The van der Waals surface area contributed by atoms with Gasteiger partial charge < -0.3 is 9.52 Å². The molecule has 1 fully saturated rings. The average molecular weight is 340 g/mol. The number of nitrogens with zero attached hydrogens (tertiary/aromatic N) is 1. The lowest BCUT2D eigenvalue weighted by molar-refractivity contribution is -0.108. The van der Waals surface area contributed by atoms with Crippen LogP contribution in [0, 0.1) is 0 Å². The van der Waals surface area contributed by atoms with Crippen molar-refractivity contribution in [2.75, 3.05) is 13.2 Å². The number of hydrogen-bond acceptors (Lipinski definition) is 5. The summed E-state index contributed by atoms with van der Waals surface area (Å²) >= 11 is 2.90. The van der Waals surface area contributed by atoms with Crippen molar-refractivity contribution >= 4 is 31.9 Å². The Labute approximate surface area is 111 Å². The molecule has 0 bridgehead atoms. The van der Waals surface area contributed by atoms with Crippen molar-refractivity contribution in [3.05, 3.63) is 16.5 Å². The smallest absolute Gasteiger partial charge is 0.371 e. The van der Waals surface area contributed by atoms with Crippen LogP contribution in [0.2, 0.25) is 0 Å². The largest absolute Gasteiger partial charge is 0.475 e. The zero-order chi connectivity index (χ0) is 13.3. The highest BCUT2D eigenvalue weighted by Crippen LogP contribution is 2.29. The summed E-state index contributed by atoms with van der Waals surface area (Å²) in [5, 5.41) is 8.74. The number of aromatic carboxylic acids is 1.